The van der Waals surface area contributed by atoms with Gasteiger partial charge in [-0.25, -0.2) is 4.79 Å². The lowest BCUT2D eigenvalue weighted by Gasteiger charge is -2.08. The van der Waals surface area contributed by atoms with Gasteiger partial charge < -0.3 is 9.30 Å². The molecule has 0 aliphatic heterocycles. The van der Waals surface area contributed by atoms with Crippen molar-refractivity contribution in [2.45, 2.75) is 46.6 Å². The van der Waals surface area contributed by atoms with Crippen LogP contribution < -0.4 is 0 Å². The molecular weight excluding hydrogens is 352 g/mol. The van der Waals surface area contributed by atoms with Gasteiger partial charge in [0.1, 0.15) is 11.6 Å². The second kappa shape index (κ2) is 7.85. The number of rotatable bonds is 6. The fourth-order valence-corrected chi connectivity index (χ4v) is 3.46. The van der Waals surface area contributed by atoms with E-state index in [-0.39, 0.29) is 18.0 Å². The van der Waals surface area contributed by atoms with E-state index in [1.807, 2.05) is 52.0 Å². The van der Waals surface area contributed by atoms with Crippen molar-refractivity contribution in [3.8, 4) is 6.07 Å². The molecule has 0 amide bonds. The summed E-state index contributed by atoms with van der Waals surface area (Å²) in [7, 11) is 0. The van der Waals surface area contributed by atoms with E-state index in [1.54, 1.807) is 12.1 Å². The van der Waals surface area contributed by atoms with Gasteiger partial charge in [-0.05, 0) is 69.9 Å². The molecule has 0 atom stereocenters. The molecule has 1 fully saturated rings. The van der Waals surface area contributed by atoms with Crippen LogP contribution in [0, 0.1) is 39.0 Å². The highest BCUT2D eigenvalue weighted by atomic mass is 16.5. The first kappa shape index (κ1) is 19.6. The molecular formula is C23H24N2O3. The lowest BCUT2D eigenvalue weighted by atomic mass is 10.0. The third kappa shape index (κ3) is 4.07. The number of Topliss-reactive ketones (excluding diaryl/α,β-unsaturated/α-hetero) is 1. The number of ether oxygens (including phenoxy) is 1. The van der Waals surface area contributed by atoms with E-state index in [0.29, 0.717) is 11.6 Å². The Hall–Kier alpha value is -3.13. The van der Waals surface area contributed by atoms with E-state index in [4.69, 9.17) is 4.74 Å². The molecule has 1 heterocycles. The number of carbonyl (C=O) groups is 2. The van der Waals surface area contributed by atoms with Crippen molar-refractivity contribution in [3.05, 3.63) is 63.5 Å². The van der Waals surface area contributed by atoms with Crippen molar-refractivity contribution in [3.63, 3.8) is 0 Å². The molecule has 2 aromatic rings. The highest BCUT2D eigenvalue weighted by molar-refractivity contribution is 6.02. The van der Waals surface area contributed by atoms with E-state index in [1.165, 1.54) is 0 Å². The molecule has 1 aromatic heterocycles. The highest BCUT2D eigenvalue weighted by Gasteiger charge is 2.27. The number of carbonyl (C=O) groups excluding carboxylic acids is 2. The van der Waals surface area contributed by atoms with E-state index >= 15 is 0 Å². The van der Waals surface area contributed by atoms with Crippen LogP contribution in [-0.4, -0.2) is 22.9 Å². The largest absolute Gasteiger partial charge is 0.453 e. The number of nitriles is 1. The summed E-state index contributed by atoms with van der Waals surface area (Å²) in [6.07, 6.45) is 3.87. The minimum Gasteiger partial charge on any atom is -0.453 e. The first-order valence-electron chi connectivity index (χ1n) is 9.39. The quantitative estimate of drug-likeness (QED) is 0.324. The Morgan fingerprint density at radius 1 is 1.21 bits per heavy atom. The number of hydrogen-bond acceptors (Lipinski definition) is 4. The van der Waals surface area contributed by atoms with E-state index < -0.39 is 5.97 Å². The average molecular weight is 376 g/mol. The van der Waals surface area contributed by atoms with Crippen LogP contribution in [0.5, 0.6) is 0 Å². The van der Waals surface area contributed by atoms with Crippen LogP contribution in [0.1, 0.15) is 57.3 Å². The second-order valence-electron chi connectivity index (χ2n) is 7.42. The molecule has 5 nitrogen and oxygen atoms in total. The number of nitrogens with zero attached hydrogens (tertiary/aromatic N) is 2. The third-order valence-corrected chi connectivity index (χ3v) is 5.10. The van der Waals surface area contributed by atoms with E-state index in [2.05, 4.69) is 4.57 Å². The lowest BCUT2D eigenvalue weighted by Crippen LogP contribution is -2.16. The van der Waals surface area contributed by atoms with Gasteiger partial charge in [-0.1, -0.05) is 17.7 Å². The van der Waals surface area contributed by atoms with Gasteiger partial charge in [-0.2, -0.15) is 5.26 Å². The normalized spacial score (nSPS) is 13.9. The molecule has 3 rings (SSSR count). The first-order valence-corrected chi connectivity index (χ1v) is 9.39. The Kier molecular flexibility index (Phi) is 5.51. The molecule has 144 valence electrons. The number of ketones is 1. The maximum absolute atomic E-state index is 12.4. The Morgan fingerprint density at radius 2 is 1.93 bits per heavy atom. The molecule has 1 aliphatic rings. The molecule has 1 aromatic carbocycles. The van der Waals surface area contributed by atoms with Crippen molar-refractivity contribution in [2.75, 3.05) is 6.61 Å². The highest BCUT2D eigenvalue weighted by Crippen LogP contribution is 2.38. The fourth-order valence-electron chi connectivity index (χ4n) is 3.46. The van der Waals surface area contributed by atoms with Crippen LogP contribution in [0.25, 0.3) is 6.08 Å². The van der Waals surface area contributed by atoms with Crippen molar-refractivity contribution in [1.29, 1.82) is 5.26 Å². The number of esters is 1. The van der Waals surface area contributed by atoms with Gasteiger partial charge in [0.05, 0.1) is 0 Å². The summed E-state index contributed by atoms with van der Waals surface area (Å²) < 4.78 is 7.38. The molecule has 0 saturated heterocycles. The SMILES string of the molecule is Cc1ccc(C)c(C(=O)COC(=O)/C(C#N)=C/c2cc(C)n(C3CC3)c2C)c1. The first-order chi connectivity index (χ1) is 13.3. The summed E-state index contributed by atoms with van der Waals surface area (Å²) in [5.74, 6) is -1.06. The summed E-state index contributed by atoms with van der Waals surface area (Å²) in [5, 5.41) is 9.40. The van der Waals surface area contributed by atoms with Crippen LogP contribution in [0.3, 0.4) is 0 Å². The molecule has 0 bridgehead atoms. The predicted octanol–water partition coefficient (Wildman–Crippen LogP) is 4.39. The summed E-state index contributed by atoms with van der Waals surface area (Å²) >= 11 is 0. The zero-order valence-electron chi connectivity index (χ0n) is 16.7. The number of aromatic nitrogens is 1. The average Bonchev–Trinajstić information content (AvgIpc) is 3.45. The van der Waals surface area contributed by atoms with Crippen LogP contribution in [0.4, 0.5) is 0 Å². The van der Waals surface area contributed by atoms with Crippen LogP contribution in [-0.2, 0) is 9.53 Å². The Balaban J connectivity index is 1.73. The van der Waals surface area contributed by atoms with Crippen LogP contribution >= 0.6 is 0 Å². The summed E-state index contributed by atoms with van der Waals surface area (Å²) in [5.41, 5.74) is 5.19. The molecule has 28 heavy (non-hydrogen) atoms. The fraction of sp³-hybridized carbons (Fsp3) is 0.348. The zero-order chi connectivity index (χ0) is 20.4. The minimum atomic E-state index is -0.780. The zero-order valence-corrected chi connectivity index (χ0v) is 16.7. The van der Waals surface area contributed by atoms with Crippen LogP contribution in [0.2, 0.25) is 0 Å². The number of benzene rings is 1. The Labute approximate surface area is 165 Å². The maximum Gasteiger partial charge on any atom is 0.349 e. The molecule has 1 aliphatic carbocycles. The molecule has 1 saturated carbocycles. The number of hydrogen-bond donors (Lipinski definition) is 0. The van der Waals surface area contributed by atoms with Gasteiger partial charge in [0, 0.05) is 23.0 Å². The Bertz CT molecular complexity index is 1020. The van der Waals surface area contributed by atoms with Gasteiger partial charge >= 0.3 is 5.97 Å². The van der Waals surface area contributed by atoms with Crippen molar-refractivity contribution >= 4 is 17.8 Å². The molecule has 0 spiro atoms. The molecule has 0 radical (unpaired) electrons. The van der Waals surface area contributed by atoms with Crippen molar-refractivity contribution in [1.82, 2.24) is 4.57 Å². The lowest BCUT2D eigenvalue weighted by molar-refractivity contribution is -0.137. The van der Waals surface area contributed by atoms with Gasteiger partial charge in [-0.15, -0.1) is 0 Å². The monoisotopic (exact) mass is 376 g/mol. The predicted molar refractivity (Wildman–Crippen MR) is 107 cm³/mol. The number of aryl methyl sites for hydroxylation is 3. The van der Waals surface area contributed by atoms with Crippen molar-refractivity contribution in [2.24, 2.45) is 0 Å². The van der Waals surface area contributed by atoms with E-state index in [9.17, 15) is 14.9 Å². The molecule has 0 N–H and O–H groups in total. The topological polar surface area (TPSA) is 72.1 Å². The summed E-state index contributed by atoms with van der Waals surface area (Å²) in [4.78, 5) is 24.7. The third-order valence-electron chi connectivity index (χ3n) is 5.10. The van der Waals surface area contributed by atoms with Gasteiger partial charge in [-0.3, -0.25) is 4.79 Å². The van der Waals surface area contributed by atoms with Crippen molar-refractivity contribution < 1.29 is 14.3 Å². The minimum absolute atomic E-state index is 0.107. The maximum atomic E-state index is 12.4. The summed E-state index contributed by atoms with van der Waals surface area (Å²) in [6, 6.07) is 9.96. The van der Waals surface area contributed by atoms with Gasteiger partial charge in [0.2, 0.25) is 5.78 Å². The second-order valence-corrected chi connectivity index (χ2v) is 7.42. The standard InChI is InChI=1S/C23H24N2O3/c1-14-5-6-15(2)21(9-14)22(26)13-28-23(27)19(12-24)11-18-10-16(3)25(17(18)4)20-7-8-20/h5-6,9-11,20H,7-8,13H2,1-4H3/b19-11+. The van der Waals surface area contributed by atoms with Gasteiger partial charge in [0.25, 0.3) is 0 Å². The molecule has 5 heteroatoms. The summed E-state index contributed by atoms with van der Waals surface area (Å²) in [6.45, 7) is 7.36. The smallest absolute Gasteiger partial charge is 0.349 e. The van der Waals surface area contributed by atoms with Crippen LogP contribution in [0.15, 0.2) is 29.8 Å². The van der Waals surface area contributed by atoms with Gasteiger partial charge in [0.15, 0.2) is 6.61 Å². The van der Waals surface area contributed by atoms with E-state index in [0.717, 1.165) is 40.9 Å². The molecule has 0 unspecified atom stereocenters. The Morgan fingerprint density at radius 3 is 2.57 bits per heavy atom.